The number of rotatable bonds is 2. The Hall–Kier alpha value is -1.79. The van der Waals surface area contributed by atoms with E-state index in [0.717, 1.165) is 6.54 Å². The van der Waals surface area contributed by atoms with Crippen molar-refractivity contribution in [3.8, 4) is 11.4 Å². The van der Waals surface area contributed by atoms with Crippen molar-refractivity contribution in [2.24, 2.45) is 0 Å². The van der Waals surface area contributed by atoms with Crippen LogP contribution >= 0.6 is 0 Å². The molecule has 0 saturated carbocycles. The van der Waals surface area contributed by atoms with Crippen LogP contribution in [0.25, 0.3) is 11.4 Å². The third-order valence-corrected chi connectivity index (χ3v) is 2.78. The number of benzene rings is 1. The van der Waals surface area contributed by atoms with Crippen molar-refractivity contribution in [1.82, 2.24) is 15.5 Å². The first-order chi connectivity index (χ1) is 8.84. The third-order valence-electron chi connectivity index (χ3n) is 2.78. The highest BCUT2D eigenvalue weighted by Crippen LogP contribution is 2.22. The fraction of sp³-hybridized carbons (Fsp3) is 0.333. The Morgan fingerprint density at radius 3 is 3.00 bits per heavy atom. The van der Waals surface area contributed by atoms with Crippen LogP contribution in [0.2, 0.25) is 0 Å². The van der Waals surface area contributed by atoms with Gasteiger partial charge in [-0.25, -0.2) is 4.39 Å². The van der Waals surface area contributed by atoms with Crippen LogP contribution in [0.4, 0.5) is 4.39 Å². The van der Waals surface area contributed by atoms with E-state index in [9.17, 15) is 4.39 Å². The van der Waals surface area contributed by atoms with Gasteiger partial charge >= 0.3 is 0 Å². The summed E-state index contributed by atoms with van der Waals surface area (Å²) in [6.07, 6.45) is 0. The molecule has 1 aliphatic rings. The molecule has 94 valence electrons. The first kappa shape index (κ1) is 11.3. The summed E-state index contributed by atoms with van der Waals surface area (Å²) in [5, 5.41) is 7.00. The predicted molar refractivity (Wildman–Crippen MR) is 61.3 cm³/mol. The Kier molecular flexibility index (Phi) is 3.04. The highest BCUT2D eigenvalue weighted by molar-refractivity contribution is 5.54. The van der Waals surface area contributed by atoms with Gasteiger partial charge in [0.2, 0.25) is 11.7 Å². The summed E-state index contributed by atoms with van der Waals surface area (Å²) >= 11 is 0. The molecule has 0 spiro atoms. The Labute approximate surface area is 103 Å². The maximum absolute atomic E-state index is 13.6. The van der Waals surface area contributed by atoms with Crippen LogP contribution in [0.3, 0.4) is 0 Å². The second kappa shape index (κ2) is 4.83. The van der Waals surface area contributed by atoms with Gasteiger partial charge in [0, 0.05) is 6.54 Å². The standard InChI is InChI=1S/C12H12FN3O2/c13-9-4-2-1-3-8(9)11-15-12(18-16-11)10-7-17-6-5-14-10/h1-4,10,14H,5-7H2. The first-order valence-electron chi connectivity index (χ1n) is 5.74. The van der Waals surface area contributed by atoms with Crippen LogP contribution in [-0.2, 0) is 4.74 Å². The van der Waals surface area contributed by atoms with Gasteiger partial charge in [-0.3, -0.25) is 0 Å². The molecule has 0 aliphatic carbocycles. The summed E-state index contributed by atoms with van der Waals surface area (Å²) < 4.78 is 24.0. The van der Waals surface area contributed by atoms with Crippen molar-refractivity contribution in [1.29, 1.82) is 0 Å². The van der Waals surface area contributed by atoms with Gasteiger partial charge in [-0.05, 0) is 12.1 Å². The zero-order valence-corrected chi connectivity index (χ0v) is 9.60. The van der Waals surface area contributed by atoms with E-state index in [4.69, 9.17) is 9.26 Å². The average molecular weight is 249 g/mol. The largest absolute Gasteiger partial charge is 0.378 e. The summed E-state index contributed by atoms with van der Waals surface area (Å²) in [4.78, 5) is 4.20. The summed E-state index contributed by atoms with van der Waals surface area (Å²) in [5.41, 5.74) is 0.337. The molecule has 1 saturated heterocycles. The molecule has 0 radical (unpaired) electrons. The normalized spacial score (nSPS) is 19.9. The molecule has 1 N–H and O–H groups in total. The van der Waals surface area contributed by atoms with Gasteiger partial charge in [0.1, 0.15) is 11.9 Å². The molecular weight excluding hydrogens is 237 g/mol. The van der Waals surface area contributed by atoms with Crippen molar-refractivity contribution in [2.75, 3.05) is 19.8 Å². The molecule has 18 heavy (non-hydrogen) atoms. The summed E-state index contributed by atoms with van der Waals surface area (Å²) in [7, 11) is 0. The fourth-order valence-corrected chi connectivity index (χ4v) is 1.85. The van der Waals surface area contributed by atoms with Crippen LogP contribution < -0.4 is 5.32 Å². The number of halogens is 1. The van der Waals surface area contributed by atoms with E-state index < -0.39 is 0 Å². The van der Waals surface area contributed by atoms with Gasteiger partial charge < -0.3 is 14.6 Å². The van der Waals surface area contributed by atoms with E-state index in [1.165, 1.54) is 6.07 Å². The number of ether oxygens (including phenoxy) is 1. The maximum Gasteiger partial charge on any atom is 0.246 e. The molecule has 2 heterocycles. The minimum atomic E-state index is -0.363. The van der Waals surface area contributed by atoms with E-state index in [1.54, 1.807) is 18.2 Å². The Morgan fingerprint density at radius 1 is 1.33 bits per heavy atom. The Morgan fingerprint density at radius 2 is 2.22 bits per heavy atom. The lowest BCUT2D eigenvalue weighted by Crippen LogP contribution is -2.34. The van der Waals surface area contributed by atoms with Crippen LogP contribution in [-0.4, -0.2) is 29.9 Å². The maximum atomic E-state index is 13.6. The minimum absolute atomic E-state index is 0.119. The fourth-order valence-electron chi connectivity index (χ4n) is 1.85. The highest BCUT2D eigenvalue weighted by Gasteiger charge is 2.22. The molecule has 1 fully saturated rings. The van der Waals surface area contributed by atoms with Crippen molar-refractivity contribution in [3.63, 3.8) is 0 Å². The van der Waals surface area contributed by atoms with Gasteiger partial charge in [-0.1, -0.05) is 17.3 Å². The third kappa shape index (κ3) is 2.12. The van der Waals surface area contributed by atoms with E-state index in [2.05, 4.69) is 15.5 Å². The van der Waals surface area contributed by atoms with Crippen LogP contribution in [0.1, 0.15) is 11.9 Å². The predicted octanol–water partition coefficient (Wildman–Crippen LogP) is 1.54. The SMILES string of the molecule is Fc1ccccc1-c1noc(C2COCCN2)n1. The van der Waals surface area contributed by atoms with Crippen molar-refractivity contribution < 1.29 is 13.7 Å². The highest BCUT2D eigenvalue weighted by atomic mass is 19.1. The summed E-state index contributed by atoms with van der Waals surface area (Å²) in [6, 6.07) is 6.22. The van der Waals surface area contributed by atoms with Gasteiger partial charge in [-0.2, -0.15) is 4.98 Å². The smallest absolute Gasteiger partial charge is 0.246 e. The zero-order valence-electron chi connectivity index (χ0n) is 9.60. The molecule has 1 atom stereocenters. The number of nitrogens with one attached hydrogen (secondary N) is 1. The van der Waals surface area contributed by atoms with Crippen molar-refractivity contribution in [2.45, 2.75) is 6.04 Å². The lowest BCUT2D eigenvalue weighted by Gasteiger charge is -2.20. The molecule has 0 amide bonds. The zero-order chi connectivity index (χ0) is 12.4. The minimum Gasteiger partial charge on any atom is -0.378 e. The molecule has 1 unspecified atom stereocenters. The molecule has 1 aliphatic heterocycles. The van der Waals surface area contributed by atoms with Crippen LogP contribution in [0.5, 0.6) is 0 Å². The Balaban J connectivity index is 1.87. The molecule has 6 heteroatoms. The molecular formula is C12H12FN3O2. The molecule has 1 aromatic carbocycles. The summed E-state index contributed by atoms with van der Waals surface area (Å²) in [6.45, 7) is 1.89. The number of morpholine rings is 1. The number of hydrogen-bond donors (Lipinski definition) is 1. The number of aromatic nitrogens is 2. The topological polar surface area (TPSA) is 60.2 Å². The van der Waals surface area contributed by atoms with Gasteiger partial charge in [0.25, 0.3) is 0 Å². The first-order valence-corrected chi connectivity index (χ1v) is 5.74. The monoisotopic (exact) mass is 249 g/mol. The van der Waals surface area contributed by atoms with Crippen molar-refractivity contribution >= 4 is 0 Å². The molecule has 2 aromatic rings. The summed E-state index contributed by atoms with van der Waals surface area (Å²) in [5.74, 6) is 0.320. The van der Waals surface area contributed by atoms with Gasteiger partial charge in [0.05, 0.1) is 18.8 Å². The Bertz CT molecular complexity index is 538. The molecule has 3 rings (SSSR count). The number of nitrogens with zero attached hydrogens (tertiary/aromatic N) is 2. The number of hydrogen-bond acceptors (Lipinski definition) is 5. The van der Waals surface area contributed by atoms with Crippen LogP contribution in [0.15, 0.2) is 28.8 Å². The van der Waals surface area contributed by atoms with Gasteiger partial charge in [-0.15, -0.1) is 0 Å². The lowest BCUT2D eigenvalue weighted by atomic mass is 10.2. The van der Waals surface area contributed by atoms with E-state index in [0.29, 0.717) is 24.7 Å². The second-order valence-electron chi connectivity index (χ2n) is 4.02. The van der Waals surface area contributed by atoms with E-state index >= 15 is 0 Å². The lowest BCUT2D eigenvalue weighted by molar-refractivity contribution is 0.0659. The van der Waals surface area contributed by atoms with Crippen molar-refractivity contribution in [3.05, 3.63) is 36.0 Å². The van der Waals surface area contributed by atoms with Gasteiger partial charge in [0.15, 0.2) is 0 Å². The molecule has 1 aromatic heterocycles. The van der Waals surface area contributed by atoms with Crippen LogP contribution in [0, 0.1) is 5.82 Å². The van der Waals surface area contributed by atoms with E-state index in [1.807, 2.05) is 0 Å². The van der Waals surface area contributed by atoms with E-state index in [-0.39, 0.29) is 17.7 Å². The second-order valence-corrected chi connectivity index (χ2v) is 4.02. The quantitative estimate of drug-likeness (QED) is 0.874. The molecule has 0 bridgehead atoms. The molecule has 5 nitrogen and oxygen atoms in total. The average Bonchev–Trinajstić information content (AvgIpc) is 2.90.